The topological polar surface area (TPSA) is 60.4 Å². The molecule has 0 unspecified atom stereocenters. The van der Waals surface area contributed by atoms with E-state index in [0.717, 1.165) is 23.3 Å². The first-order valence-corrected chi connectivity index (χ1v) is 9.07. The van der Waals surface area contributed by atoms with Crippen LogP contribution in [0.1, 0.15) is 22.7 Å². The van der Waals surface area contributed by atoms with E-state index in [2.05, 4.69) is 5.16 Å². The van der Waals surface area contributed by atoms with Gasteiger partial charge in [0.25, 0.3) is 0 Å². The van der Waals surface area contributed by atoms with Crippen LogP contribution >= 0.6 is 0 Å². The van der Waals surface area contributed by atoms with Gasteiger partial charge >= 0.3 is 0 Å². The Hall–Kier alpha value is -3.02. The van der Waals surface area contributed by atoms with E-state index in [1.165, 1.54) is 5.56 Å². The molecule has 27 heavy (non-hydrogen) atoms. The molecule has 0 bridgehead atoms. The Balaban J connectivity index is 1.57. The lowest BCUT2D eigenvalue weighted by molar-refractivity contribution is -0.130. The van der Waals surface area contributed by atoms with E-state index >= 15 is 0 Å². The molecule has 0 radical (unpaired) electrons. The number of methoxy groups -OCH3 is 2. The van der Waals surface area contributed by atoms with Crippen LogP contribution in [-0.4, -0.2) is 43.4 Å². The summed E-state index contributed by atoms with van der Waals surface area (Å²) in [7, 11) is 3.25. The van der Waals surface area contributed by atoms with Gasteiger partial charge in [-0.3, -0.25) is 4.79 Å². The number of carbonyl (C=O) groups is 1. The number of ether oxygens (including phenoxy) is 2. The van der Waals surface area contributed by atoms with E-state index in [-0.39, 0.29) is 24.0 Å². The van der Waals surface area contributed by atoms with Gasteiger partial charge in [0.05, 0.1) is 20.3 Å². The van der Waals surface area contributed by atoms with Crippen LogP contribution in [-0.2, 0) is 16.1 Å². The Morgan fingerprint density at radius 2 is 1.85 bits per heavy atom. The highest BCUT2D eigenvalue weighted by atomic mass is 16.6. The molecule has 0 N–H and O–H groups in total. The second kappa shape index (κ2) is 6.01. The highest BCUT2D eigenvalue weighted by Crippen LogP contribution is 2.48. The van der Waals surface area contributed by atoms with Gasteiger partial charge in [0, 0.05) is 12.1 Å². The van der Waals surface area contributed by atoms with Crippen molar-refractivity contribution in [1.82, 2.24) is 4.90 Å². The summed E-state index contributed by atoms with van der Waals surface area (Å²) in [4.78, 5) is 21.0. The number of hydrogen-bond donors (Lipinski definition) is 0. The predicted octanol–water partition coefficient (Wildman–Crippen LogP) is 2.56. The molecule has 3 heterocycles. The fourth-order valence-electron chi connectivity index (χ4n) is 4.49. The lowest BCUT2D eigenvalue weighted by atomic mass is 9.87. The van der Waals surface area contributed by atoms with Crippen molar-refractivity contribution < 1.29 is 19.1 Å². The van der Waals surface area contributed by atoms with Gasteiger partial charge in [0.2, 0.25) is 5.91 Å². The minimum Gasteiger partial charge on any atom is -0.493 e. The number of nitrogens with zero attached hydrogens (tertiary/aromatic N) is 2. The number of carbonyl (C=O) groups excluding carboxylic acids is 1. The number of rotatable bonds is 3. The smallest absolute Gasteiger partial charge is 0.236 e. The second-order valence-corrected chi connectivity index (χ2v) is 7.02. The van der Waals surface area contributed by atoms with Gasteiger partial charge in [0.15, 0.2) is 17.6 Å². The molecule has 1 fully saturated rings. The average Bonchev–Trinajstić information content (AvgIpc) is 3.27. The van der Waals surface area contributed by atoms with Crippen LogP contribution in [0, 0.1) is 5.92 Å². The van der Waals surface area contributed by atoms with Crippen molar-refractivity contribution in [3.05, 3.63) is 59.2 Å². The molecule has 3 aliphatic rings. The summed E-state index contributed by atoms with van der Waals surface area (Å²) >= 11 is 0. The molecule has 0 aliphatic carbocycles. The summed E-state index contributed by atoms with van der Waals surface area (Å²) in [5.74, 6) is 1.09. The molecule has 2 aromatic carbocycles. The first-order valence-electron chi connectivity index (χ1n) is 9.07. The van der Waals surface area contributed by atoms with Crippen molar-refractivity contribution >= 4 is 11.6 Å². The molecule has 6 nitrogen and oxygen atoms in total. The van der Waals surface area contributed by atoms with Gasteiger partial charge in [-0.25, -0.2) is 0 Å². The van der Waals surface area contributed by atoms with Gasteiger partial charge in [-0.05, 0) is 29.7 Å². The zero-order chi connectivity index (χ0) is 18.5. The number of benzene rings is 2. The molecule has 1 amide bonds. The summed E-state index contributed by atoms with van der Waals surface area (Å²) in [6.45, 7) is 0.671. The van der Waals surface area contributed by atoms with Crippen molar-refractivity contribution in [2.45, 2.75) is 18.6 Å². The summed E-state index contributed by atoms with van der Waals surface area (Å²) in [6.07, 6.45) is 0.472. The van der Waals surface area contributed by atoms with E-state index in [0.29, 0.717) is 18.0 Å². The molecule has 3 atom stereocenters. The third-order valence-corrected chi connectivity index (χ3v) is 5.75. The van der Waals surface area contributed by atoms with Crippen molar-refractivity contribution in [3.8, 4) is 11.5 Å². The summed E-state index contributed by atoms with van der Waals surface area (Å²) in [5, 5.41) is 4.29. The zero-order valence-electron chi connectivity index (χ0n) is 15.2. The summed E-state index contributed by atoms with van der Waals surface area (Å²) in [5.41, 5.74) is 3.89. The van der Waals surface area contributed by atoms with Crippen LogP contribution in [0.2, 0.25) is 0 Å². The van der Waals surface area contributed by atoms with Crippen molar-refractivity contribution in [3.63, 3.8) is 0 Å². The van der Waals surface area contributed by atoms with Crippen LogP contribution in [0.25, 0.3) is 0 Å². The van der Waals surface area contributed by atoms with E-state index in [1.807, 2.05) is 47.4 Å². The quantitative estimate of drug-likeness (QED) is 0.840. The van der Waals surface area contributed by atoms with Crippen molar-refractivity contribution in [2.75, 3.05) is 20.8 Å². The Kier molecular flexibility index (Phi) is 3.60. The third kappa shape index (κ3) is 2.25. The Morgan fingerprint density at radius 3 is 2.59 bits per heavy atom. The fourth-order valence-corrected chi connectivity index (χ4v) is 4.49. The van der Waals surface area contributed by atoms with Crippen LogP contribution < -0.4 is 9.47 Å². The Morgan fingerprint density at radius 1 is 1.11 bits per heavy atom. The molecule has 0 aromatic heterocycles. The standard InChI is InChI=1S/C21H20N2O4/c1-25-15-10-13-8-9-23-19(14(13)11-16(15)26-2)20-17(21(23)24)18(22-27-20)12-6-4-3-5-7-12/h3-7,10-11,17,19-20H,8-9H2,1-2H3/t17-,19-,20+/m1/s1. The van der Waals surface area contributed by atoms with Gasteiger partial charge in [0.1, 0.15) is 11.6 Å². The molecule has 2 aromatic rings. The third-order valence-electron chi connectivity index (χ3n) is 5.75. The van der Waals surface area contributed by atoms with Gasteiger partial charge < -0.3 is 19.2 Å². The highest BCUT2D eigenvalue weighted by Gasteiger charge is 2.57. The first-order chi connectivity index (χ1) is 13.2. The predicted molar refractivity (Wildman–Crippen MR) is 99.0 cm³/mol. The van der Waals surface area contributed by atoms with E-state index in [1.54, 1.807) is 14.2 Å². The number of hydrogen-bond acceptors (Lipinski definition) is 5. The molecular formula is C21H20N2O4. The largest absolute Gasteiger partial charge is 0.493 e. The maximum atomic E-state index is 13.2. The molecule has 6 heteroatoms. The lowest BCUT2D eigenvalue weighted by Gasteiger charge is -2.33. The normalized spacial score (nSPS) is 25.3. The molecule has 0 spiro atoms. The Labute approximate surface area is 157 Å². The van der Waals surface area contributed by atoms with Crippen molar-refractivity contribution in [1.29, 1.82) is 0 Å². The van der Waals surface area contributed by atoms with E-state index in [4.69, 9.17) is 14.3 Å². The molecule has 0 saturated carbocycles. The lowest BCUT2D eigenvalue weighted by Crippen LogP contribution is -2.37. The first kappa shape index (κ1) is 16.2. The van der Waals surface area contributed by atoms with E-state index in [9.17, 15) is 4.79 Å². The van der Waals surface area contributed by atoms with Crippen molar-refractivity contribution in [2.24, 2.45) is 11.1 Å². The summed E-state index contributed by atoms with van der Waals surface area (Å²) in [6, 6.07) is 13.6. The fraction of sp³-hybridized carbons (Fsp3) is 0.333. The van der Waals surface area contributed by atoms with Gasteiger partial charge in [-0.2, -0.15) is 0 Å². The maximum absolute atomic E-state index is 13.2. The van der Waals surface area contributed by atoms with Gasteiger partial charge in [-0.15, -0.1) is 0 Å². The SMILES string of the molecule is COc1cc2c(cc1OC)[C@@H]1[C@H]3ON=C(c4ccccc4)[C@H]3C(=O)N1CC2. The minimum absolute atomic E-state index is 0.0885. The highest BCUT2D eigenvalue weighted by molar-refractivity contribution is 6.15. The molecule has 138 valence electrons. The number of amides is 1. The molecule has 5 rings (SSSR count). The minimum atomic E-state index is -0.364. The van der Waals surface area contributed by atoms with Crippen LogP contribution in [0.15, 0.2) is 47.6 Å². The number of fused-ring (bicyclic) bond motifs is 5. The monoisotopic (exact) mass is 364 g/mol. The van der Waals surface area contributed by atoms with E-state index < -0.39 is 0 Å². The van der Waals surface area contributed by atoms with Crippen LogP contribution in [0.5, 0.6) is 11.5 Å². The molecule has 3 aliphatic heterocycles. The van der Waals surface area contributed by atoms with Crippen LogP contribution in [0.3, 0.4) is 0 Å². The second-order valence-electron chi connectivity index (χ2n) is 7.02. The zero-order valence-corrected chi connectivity index (χ0v) is 15.2. The van der Waals surface area contributed by atoms with Crippen LogP contribution in [0.4, 0.5) is 0 Å². The maximum Gasteiger partial charge on any atom is 0.236 e. The van der Waals surface area contributed by atoms with Gasteiger partial charge in [-0.1, -0.05) is 35.5 Å². The Bertz CT molecular complexity index is 941. The average molecular weight is 364 g/mol. The molecular weight excluding hydrogens is 344 g/mol. The summed E-state index contributed by atoms with van der Waals surface area (Å²) < 4.78 is 10.9. The molecule has 1 saturated heterocycles. The number of oxime groups is 1.